The number of hydrogen-bond acceptors (Lipinski definition) is 8. The van der Waals surface area contributed by atoms with E-state index in [9.17, 15) is 9.59 Å². The molecule has 0 aromatic rings. The Morgan fingerprint density at radius 1 is 0.900 bits per heavy atom. The quantitative estimate of drug-likeness (QED) is 0.229. The highest BCUT2D eigenvalue weighted by Gasteiger charge is 1.87. The van der Waals surface area contributed by atoms with Gasteiger partial charge in [-0.2, -0.15) is 0 Å². The van der Waals surface area contributed by atoms with E-state index < -0.39 is 0 Å². The molecule has 10 heavy (non-hydrogen) atoms. The van der Waals surface area contributed by atoms with Crippen LogP contribution in [-0.4, -0.2) is 12.2 Å². The van der Waals surface area contributed by atoms with E-state index in [0.29, 0.717) is 0 Å². The summed E-state index contributed by atoms with van der Waals surface area (Å²) in [5, 5.41) is 0. The van der Waals surface area contributed by atoms with E-state index in [1.165, 1.54) is 31.8 Å². The van der Waals surface area contributed by atoms with Gasteiger partial charge in [-0.1, -0.05) is 0 Å². The SMILES string of the molecule is O=C=NSSSSN=C=O. The molecular weight excluding hydrogens is 212 g/mol. The van der Waals surface area contributed by atoms with Gasteiger partial charge in [-0.3, -0.25) is 0 Å². The van der Waals surface area contributed by atoms with Gasteiger partial charge in [0, 0.05) is 19.7 Å². The maximum atomic E-state index is 9.47. The van der Waals surface area contributed by atoms with Crippen molar-refractivity contribution in [2.45, 2.75) is 0 Å². The Balaban J connectivity index is 3.04. The van der Waals surface area contributed by atoms with Crippen LogP contribution in [0.25, 0.3) is 0 Å². The van der Waals surface area contributed by atoms with E-state index in [1.54, 1.807) is 0 Å². The van der Waals surface area contributed by atoms with Crippen LogP contribution in [0.4, 0.5) is 0 Å². The van der Waals surface area contributed by atoms with Gasteiger partial charge in [0.15, 0.2) is 0 Å². The summed E-state index contributed by atoms with van der Waals surface area (Å²) in [5.41, 5.74) is 0. The van der Waals surface area contributed by atoms with Crippen LogP contribution in [0.3, 0.4) is 0 Å². The fraction of sp³-hybridized carbons (Fsp3) is 0. The van der Waals surface area contributed by atoms with Crippen molar-refractivity contribution < 1.29 is 9.59 Å². The van der Waals surface area contributed by atoms with Crippen LogP contribution in [0.2, 0.25) is 0 Å². The predicted molar refractivity (Wildman–Crippen MR) is 46.6 cm³/mol. The Hall–Kier alpha value is 0.160. The third kappa shape index (κ3) is 8.16. The lowest BCUT2D eigenvalue weighted by atomic mass is 11.7. The first-order chi connectivity index (χ1) is 4.91. The molecule has 0 atom stereocenters. The molecule has 0 heterocycles. The second kappa shape index (κ2) is 9.16. The average Bonchev–Trinajstić information content (AvgIpc) is 1.97. The minimum absolute atomic E-state index is 0.974. The summed E-state index contributed by atoms with van der Waals surface area (Å²) >= 11 is 0. The summed E-state index contributed by atoms with van der Waals surface area (Å²) in [4.78, 5) is 18.9. The van der Waals surface area contributed by atoms with E-state index in [0.717, 1.165) is 22.0 Å². The van der Waals surface area contributed by atoms with Gasteiger partial charge in [0.05, 0.1) is 22.0 Å². The molecule has 0 bridgehead atoms. The van der Waals surface area contributed by atoms with Gasteiger partial charge in [0.25, 0.3) is 0 Å². The zero-order chi connectivity index (χ0) is 7.66. The van der Waals surface area contributed by atoms with Gasteiger partial charge in [-0.25, -0.2) is 9.59 Å². The normalized spacial score (nSPS) is 7.60. The van der Waals surface area contributed by atoms with Crippen molar-refractivity contribution in [3.8, 4) is 0 Å². The van der Waals surface area contributed by atoms with Crippen LogP contribution in [0.15, 0.2) is 8.80 Å². The third-order valence-corrected chi connectivity index (χ3v) is 4.79. The van der Waals surface area contributed by atoms with Crippen LogP contribution >= 0.6 is 41.6 Å². The molecule has 0 aromatic heterocycles. The highest BCUT2D eigenvalue weighted by molar-refractivity contribution is 9.25. The average molecular weight is 212 g/mol. The highest BCUT2D eigenvalue weighted by atomic mass is 33.7. The summed E-state index contributed by atoms with van der Waals surface area (Å²) in [5.74, 6) is 0. The first kappa shape index (κ1) is 10.2. The number of hydrogen-bond donors (Lipinski definition) is 0. The fourth-order valence-electron chi connectivity index (χ4n) is 0.0857. The summed E-state index contributed by atoms with van der Waals surface area (Å²) in [6.45, 7) is 0. The lowest BCUT2D eigenvalue weighted by molar-refractivity contribution is 0.565. The van der Waals surface area contributed by atoms with Crippen LogP contribution in [-0.2, 0) is 9.59 Å². The van der Waals surface area contributed by atoms with Crippen molar-refractivity contribution in [1.82, 2.24) is 0 Å². The van der Waals surface area contributed by atoms with Gasteiger partial charge < -0.3 is 0 Å². The number of carbonyl (C=O) groups excluding carboxylic acids is 2. The molecule has 8 heteroatoms. The van der Waals surface area contributed by atoms with Crippen LogP contribution < -0.4 is 0 Å². The highest BCUT2D eigenvalue weighted by Crippen LogP contribution is 2.43. The molecule has 0 fully saturated rings. The Labute approximate surface area is 72.2 Å². The summed E-state index contributed by atoms with van der Waals surface area (Å²) in [7, 11) is 4.37. The molecule has 0 amide bonds. The van der Waals surface area contributed by atoms with E-state index in [-0.39, 0.29) is 0 Å². The molecule has 4 nitrogen and oxygen atoms in total. The maximum Gasteiger partial charge on any atom is 0.248 e. The molecule has 0 aliphatic rings. The van der Waals surface area contributed by atoms with E-state index >= 15 is 0 Å². The lowest BCUT2D eigenvalue weighted by Gasteiger charge is -1.82. The summed E-state index contributed by atoms with van der Waals surface area (Å²) < 4.78 is 6.34. The molecular formula is C2N2O2S4. The maximum absolute atomic E-state index is 9.47. The first-order valence-corrected chi connectivity index (χ1v) is 6.45. The third-order valence-electron chi connectivity index (χ3n) is 0.238. The smallest absolute Gasteiger partial charge is 0.210 e. The van der Waals surface area contributed by atoms with Crippen molar-refractivity contribution in [3.05, 3.63) is 0 Å². The minimum atomic E-state index is 0.974. The zero-order valence-electron chi connectivity index (χ0n) is 4.34. The van der Waals surface area contributed by atoms with Crippen molar-refractivity contribution in [2.75, 3.05) is 0 Å². The molecule has 0 saturated heterocycles. The lowest BCUT2D eigenvalue weighted by Crippen LogP contribution is -1.40. The standard InChI is InChI=1S/C2N2O2S4/c5-1-3-7-9-10-8-4-2-6. The largest absolute Gasteiger partial charge is 0.248 e. The molecule has 0 radical (unpaired) electrons. The van der Waals surface area contributed by atoms with Crippen molar-refractivity contribution in [3.63, 3.8) is 0 Å². The topological polar surface area (TPSA) is 58.9 Å². The summed E-state index contributed by atoms with van der Waals surface area (Å²) in [6.07, 6.45) is 2.69. The van der Waals surface area contributed by atoms with Crippen LogP contribution in [0.1, 0.15) is 0 Å². The van der Waals surface area contributed by atoms with Gasteiger partial charge in [-0.05, 0) is 0 Å². The van der Waals surface area contributed by atoms with Gasteiger partial charge in [-0.15, -0.1) is 8.80 Å². The number of isocyanates is 2. The molecule has 0 N–H and O–H groups in total. The van der Waals surface area contributed by atoms with Gasteiger partial charge in [0.1, 0.15) is 0 Å². The van der Waals surface area contributed by atoms with Gasteiger partial charge in [0.2, 0.25) is 12.2 Å². The zero-order valence-corrected chi connectivity index (χ0v) is 7.61. The number of nitrogens with zero attached hydrogens (tertiary/aromatic N) is 2. The second-order valence-corrected chi connectivity index (χ2v) is 5.75. The van der Waals surface area contributed by atoms with Crippen LogP contribution in [0.5, 0.6) is 0 Å². The monoisotopic (exact) mass is 212 g/mol. The minimum Gasteiger partial charge on any atom is -0.210 e. The molecule has 0 rings (SSSR count). The van der Waals surface area contributed by atoms with Crippen molar-refractivity contribution in [1.29, 1.82) is 0 Å². The molecule has 0 unspecified atom stereocenters. The Kier molecular flexibility index (Phi) is 9.31. The Morgan fingerprint density at radius 3 is 1.60 bits per heavy atom. The molecule has 54 valence electrons. The Morgan fingerprint density at radius 2 is 1.30 bits per heavy atom. The second-order valence-electron chi connectivity index (χ2n) is 0.650. The Bertz CT molecular complexity index is 152. The molecule has 0 aliphatic carbocycles. The van der Waals surface area contributed by atoms with E-state index in [2.05, 4.69) is 8.80 Å². The predicted octanol–water partition coefficient (Wildman–Crippen LogP) is 2.17. The van der Waals surface area contributed by atoms with Crippen LogP contribution in [0, 0.1) is 0 Å². The molecule has 0 aromatic carbocycles. The summed E-state index contributed by atoms with van der Waals surface area (Å²) in [6, 6.07) is 0. The molecule has 0 spiro atoms. The van der Waals surface area contributed by atoms with Crippen molar-refractivity contribution >= 4 is 53.8 Å². The number of rotatable bonds is 5. The molecule has 0 aliphatic heterocycles. The van der Waals surface area contributed by atoms with E-state index in [1.807, 2.05) is 0 Å². The first-order valence-electron chi connectivity index (χ1n) is 1.72. The van der Waals surface area contributed by atoms with E-state index in [4.69, 9.17) is 0 Å². The fourth-order valence-corrected chi connectivity index (χ4v) is 3.11. The molecule has 0 saturated carbocycles. The van der Waals surface area contributed by atoms with Crippen molar-refractivity contribution in [2.24, 2.45) is 8.80 Å². The van der Waals surface area contributed by atoms with Gasteiger partial charge >= 0.3 is 0 Å².